The lowest BCUT2D eigenvalue weighted by Gasteiger charge is -2.39. The first-order valence-corrected chi connectivity index (χ1v) is 10.3. The van der Waals surface area contributed by atoms with Gasteiger partial charge in [-0.05, 0) is 42.9 Å². The minimum atomic E-state index is -0.360. The first-order valence-electron chi connectivity index (χ1n) is 10.3. The first-order chi connectivity index (χ1) is 13.6. The smallest absolute Gasteiger partial charge is 0.230 e. The van der Waals surface area contributed by atoms with Crippen LogP contribution in [-0.2, 0) is 29.5 Å². The Balaban J connectivity index is 1.37. The third-order valence-corrected chi connectivity index (χ3v) is 6.29. The molecule has 1 aromatic carbocycles. The van der Waals surface area contributed by atoms with Gasteiger partial charge >= 0.3 is 0 Å². The molecule has 2 fully saturated rings. The molecule has 1 aromatic heterocycles. The van der Waals surface area contributed by atoms with Gasteiger partial charge in [-0.1, -0.05) is 30.3 Å². The van der Waals surface area contributed by atoms with Crippen molar-refractivity contribution < 1.29 is 9.59 Å². The molecule has 2 aromatic rings. The number of rotatable bonds is 5. The molecular formula is C23H29N3O2. The summed E-state index contributed by atoms with van der Waals surface area (Å²) < 4.78 is 1.96. The van der Waals surface area contributed by atoms with Gasteiger partial charge in [-0.15, -0.1) is 0 Å². The van der Waals surface area contributed by atoms with E-state index in [1.165, 1.54) is 5.56 Å². The van der Waals surface area contributed by atoms with Crippen LogP contribution >= 0.6 is 0 Å². The van der Waals surface area contributed by atoms with Crippen LogP contribution in [0.3, 0.4) is 0 Å². The summed E-state index contributed by atoms with van der Waals surface area (Å²) in [5.41, 5.74) is 1.94. The predicted octanol–water partition coefficient (Wildman–Crippen LogP) is 2.65. The van der Waals surface area contributed by atoms with E-state index < -0.39 is 0 Å². The number of likely N-dealkylation sites (tertiary alicyclic amines) is 2. The van der Waals surface area contributed by atoms with Crippen LogP contribution in [-0.4, -0.2) is 52.4 Å². The Morgan fingerprint density at radius 3 is 2.64 bits per heavy atom. The normalized spacial score (nSPS) is 22.2. The molecule has 0 bridgehead atoms. The van der Waals surface area contributed by atoms with Gasteiger partial charge in [-0.25, -0.2) is 0 Å². The van der Waals surface area contributed by atoms with Gasteiger partial charge in [0.1, 0.15) is 0 Å². The predicted molar refractivity (Wildman–Crippen MR) is 109 cm³/mol. The Labute approximate surface area is 166 Å². The molecule has 0 aliphatic carbocycles. The Morgan fingerprint density at radius 2 is 1.89 bits per heavy atom. The zero-order chi connectivity index (χ0) is 19.6. The number of hydrogen-bond donors (Lipinski definition) is 0. The van der Waals surface area contributed by atoms with Crippen molar-refractivity contribution >= 4 is 11.8 Å². The van der Waals surface area contributed by atoms with Crippen LogP contribution in [0, 0.1) is 5.41 Å². The van der Waals surface area contributed by atoms with Crippen molar-refractivity contribution in [2.75, 3.05) is 26.2 Å². The zero-order valence-electron chi connectivity index (χ0n) is 16.6. The van der Waals surface area contributed by atoms with Crippen LogP contribution in [0.1, 0.15) is 30.4 Å². The van der Waals surface area contributed by atoms with E-state index in [1.807, 2.05) is 58.1 Å². The Bertz CT molecular complexity index is 845. The molecule has 2 aliphatic heterocycles. The lowest BCUT2D eigenvalue weighted by atomic mass is 9.78. The molecule has 1 atom stereocenters. The summed E-state index contributed by atoms with van der Waals surface area (Å²) in [6.45, 7) is 2.89. The van der Waals surface area contributed by atoms with Gasteiger partial charge in [0.25, 0.3) is 0 Å². The fourth-order valence-corrected chi connectivity index (χ4v) is 4.69. The lowest BCUT2D eigenvalue weighted by molar-refractivity contribution is -0.146. The fourth-order valence-electron chi connectivity index (χ4n) is 4.69. The van der Waals surface area contributed by atoms with E-state index in [1.54, 1.807) is 0 Å². The third kappa shape index (κ3) is 3.84. The second-order valence-electron chi connectivity index (χ2n) is 8.34. The second kappa shape index (κ2) is 7.82. The summed E-state index contributed by atoms with van der Waals surface area (Å²) >= 11 is 0. The maximum absolute atomic E-state index is 13.3. The second-order valence-corrected chi connectivity index (χ2v) is 8.34. The Morgan fingerprint density at radius 1 is 1.07 bits per heavy atom. The largest absolute Gasteiger partial charge is 0.357 e. The molecule has 1 spiro atoms. The average molecular weight is 380 g/mol. The number of carbonyl (C=O) groups is 2. The van der Waals surface area contributed by atoms with Crippen LogP contribution in [0.5, 0.6) is 0 Å². The summed E-state index contributed by atoms with van der Waals surface area (Å²) in [5, 5.41) is 0. The van der Waals surface area contributed by atoms with Crippen LogP contribution in [0.4, 0.5) is 0 Å². The van der Waals surface area contributed by atoms with Gasteiger partial charge in [0.15, 0.2) is 0 Å². The van der Waals surface area contributed by atoms with Crippen LogP contribution < -0.4 is 0 Å². The van der Waals surface area contributed by atoms with Gasteiger partial charge in [0, 0.05) is 45.6 Å². The molecule has 3 heterocycles. The molecule has 2 saturated heterocycles. The molecule has 148 valence electrons. The summed E-state index contributed by atoms with van der Waals surface area (Å²) in [6, 6.07) is 12.3. The SMILES string of the molecule is Cn1ccc(CC(=O)N2CCC3(CCCN(CCc4ccccc4)C3=O)C2)c1. The van der Waals surface area contributed by atoms with Gasteiger partial charge in [-0.3, -0.25) is 9.59 Å². The van der Waals surface area contributed by atoms with Crippen LogP contribution in [0.15, 0.2) is 48.8 Å². The van der Waals surface area contributed by atoms with E-state index in [0.717, 1.165) is 44.3 Å². The van der Waals surface area contributed by atoms with Crippen molar-refractivity contribution in [3.63, 3.8) is 0 Å². The molecule has 2 amide bonds. The minimum Gasteiger partial charge on any atom is -0.357 e. The van der Waals surface area contributed by atoms with Crippen molar-refractivity contribution in [3.05, 3.63) is 59.9 Å². The summed E-state index contributed by atoms with van der Waals surface area (Å²) in [5.74, 6) is 0.391. The number of hydrogen-bond acceptors (Lipinski definition) is 2. The van der Waals surface area contributed by atoms with E-state index in [2.05, 4.69) is 12.1 Å². The molecule has 0 saturated carbocycles. The Kier molecular flexibility index (Phi) is 5.25. The van der Waals surface area contributed by atoms with Gasteiger partial charge in [0.05, 0.1) is 11.8 Å². The number of benzene rings is 1. The monoisotopic (exact) mass is 379 g/mol. The molecule has 5 nitrogen and oxygen atoms in total. The maximum atomic E-state index is 13.3. The van der Waals surface area contributed by atoms with Crippen molar-refractivity contribution in [1.29, 1.82) is 0 Å². The highest BCUT2D eigenvalue weighted by Crippen LogP contribution is 2.40. The minimum absolute atomic E-state index is 0.136. The van der Waals surface area contributed by atoms with Crippen LogP contribution in [0.25, 0.3) is 0 Å². The highest BCUT2D eigenvalue weighted by Gasteiger charge is 2.49. The maximum Gasteiger partial charge on any atom is 0.230 e. The molecule has 0 N–H and O–H groups in total. The van der Waals surface area contributed by atoms with Crippen molar-refractivity contribution in [2.45, 2.75) is 32.1 Å². The van der Waals surface area contributed by atoms with Crippen molar-refractivity contribution in [2.24, 2.45) is 12.5 Å². The molecule has 0 radical (unpaired) electrons. The molecule has 4 rings (SSSR count). The van der Waals surface area contributed by atoms with E-state index in [4.69, 9.17) is 0 Å². The molecule has 28 heavy (non-hydrogen) atoms. The number of nitrogens with zero attached hydrogens (tertiary/aromatic N) is 3. The summed E-state index contributed by atoms with van der Waals surface area (Å²) in [7, 11) is 1.96. The summed E-state index contributed by atoms with van der Waals surface area (Å²) in [4.78, 5) is 30.0. The number of aryl methyl sites for hydroxylation is 1. The fraction of sp³-hybridized carbons (Fsp3) is 0.478. The van der Waals surface area contributed by atoms with Gasteiger partial charge in [0.2, 0.25) is 11.8 Å². The highest BCUT2D eigenvalue weighted by atomic mass is 16.2. The number of piperidine rings is 1. The van der Waals surface area contributed by atoms with Crippen LogP contribution in [0.2, 0.25) is 0 Å². The van der Waals surface area contributed by atoms with E-state index in [0.29, 0.717) is 19.5 Å². The summed E-state index contributed by atoms with van der Waals surface area (Å²) in [6.07, 6.45) is 7.99. The first kappa shape index (κ1) is 18.8. The topological polar surface area (TPSA) is 45.6 Å². The Hall–Kier alpha value is -2.56. The quantitative estimate of drug-likeness (QED) is 0.802. The highest BCUT2D eigenvalue weighted by molar-refractivity contribution is 5.86. The molecule has 1 unspecified atom stereocenters. The van der Waals surface area contributed by atoms with E-state index in [-0.39, 0.29) is 17.2 Å². The third-order valence-electron chi connectivity index (χ3n) is 6.29. The standard InChI is InChI=1S/C23H29N3O2/c1-24-13-8-20(17-24)16-21(27)26-15-11-23(18-26)10-5-12-25(22(23)28)14-9-19-6-3-2-4-7-19/h2-4,6-8,13,17H,5,9-12,14-16,18H2,1H3. The van der Waals surface area contributed by atoms with Gasteiger partial charge in [-0.2, -0.15) is 0 Å². The zero-order valence-corrected chi connectivity index (χ0v) is 16.6. The van der Waals surface area contributed by atoms with Crippen molar-refractivity contribution in [1.82, 2.24) is 14.4 Å². The van der Waals surface area contributed by atoms with Crippen molar-refractivity contribution in [3.8, 4) is 0 Å². The lowest BCUT2D eigenvalue weighted by Crippen LogP contribution is -2.51. The van der Waals surface area contributed by atoms with E-state index in [9.17, 15) is 9.59 Å². The number of amides is 2. The molecule has 5 heteroatoms. The van der Waals surface area contributed by atoms with Gasteiger partial charge < -0.3 is 14.4 Å². The van der Waals surface area contributed by atoms with E-state index >= 15 is 0 Å². The molecular weight excluding hydrogens is 350 g/mol. The average Bonchev–Trinajstić information content (AvgIpc) is 3.31. The molecule has 2 aliphatic rings. The number of aromatic nitrogens is 1. The number of carbonyl (C=O) groups excluding carboxylic acids is 2.